The minimum Gasteiger partial charge on any atom is -0.504 e. The summed E-state index contributed by atoms with van der Waals surface area (Å²) in [5.74, 6) is 0.698. The Morgan fingerprint density at radius 1 is 1.00 bits per heavy atom. The van der Waals surface area contributed by atoms with E-state index in [2.05, 4.69) is 4.90 Å². The van der Waals surface area contributed by atoms with Crippen LogP contribution in [-0.2, 0) is 6.54 Å². The van der Waals surface area contributed by atoms with E-state index < -0.39 is 0 Å². The minimum atomic E-state index is 0.0466. The first kappa shape index (κ1) is 20.9. The molecule has 1 aliphatic heterocycles. The van der Waals surface area contributed by atoms with E-state index in [1.165, 1.54) is 0 Å². The number of phenolic OH excluding ortho intramolecular Hbond substituents is 1. The lowest BCUT2D eigenvalue weighted by molar-refractivity contribution is 0.0958. The Morgan fingerprint density at radius 2 is 1.65 bits per heavy atom. The average Bonchev–Trinajstić information content (AvgIpc) is 2.82. The predicted octanol–water partition coefficient (Wildman–Crippen LogP) is 4.71. The molecule has 3 aromatic carbocycles. The number of anilines is 1. The first-order chi connectivity index (χ1) is 15.2. The number of ether oxygens (including phenoxy) is 1. The molecule has 5 nitrogen and oxygen atoms in total. The first-order valence-corrected chi connectivity index (χ1v) is 10.7. The van der Waals surface area contributed by atoms with Gasteiger partial charge in [0.25, 0.3) is 5.91 Å². The Kier molecular flexibility index (Phi) is 6.53. The normalized spacial score (nSPS) is 14.9. The molecule has 31 heavy (non-hydrogen) atoms. The van der Waals surface area contributed by atoms with Gasteiger partial charge in [0.05, 0.1) is 7.11 Å². The predicted molar refractivity (Wildman–Crippen MR) is 123 cm³/mol. The summed E-state index contributed by atoms with van der Waals surface area (Å²) in [7, 11) is 1.55. The van der Waals surface area contributed by atoms with E-state index in [1.54, 1.807) is 19.2 Å². The second kappa shape index (κ2) is 9.67. The van der Waals surface area contributed by atoms with Crippen LogP contribution in [0.1, 0.15) is 28.8 Å². The molecule has 1 saturated heterocycles. The van der Waals surface area contributed by atoms with E-state index in [4.69, 9.17) is 4.74 Å². The summed E-state index contributed by atoms with van der Waals surface area (Å²) in [4.78, 5) is 17.7. The Morgan fingerprint density at radius 3 is 2.26 bits per heavy atom. The van der Waals surface area contributed by atoms with Crippen LogP contribution in [0.2, 0.25) is 0 Å². The molecule has 0 unspecified atom stereocenters. The lowest BCUT2D eigenvalue weighted by Gasteiger charge is -2.38. The highest BCUT2D eigenvalue weighted by Gasteiger charge is 2.29. The van der Waals surface area contributed by atoms with Crippen molar-refractivity contribution in [1.82, 2.24) is 4.90 Å². The fourth-order valence-corrected chi connectivity index (χ4v) is 4.23. The van der Waals surface area contributed by atoms with Gasteiger partial charge in [-0.15, -0.1) is 0 Å². The molecular weight excluding hydrogens is 388 g/mol. The van der Waals surface area contributed by atoms with Crippen LogP contribution in [0.15, 0.2) is 78.9 Å². The Bertz CT molecular complexity index is 1000. The van der Waals surface area contributed by atoms with Gasteiger partial charge in [-0.05, 0) is 54.8 Å². The van der Waals surface area contributed by atoms with Crippen molar-refractivity contribution < 1.29 is 14.6 Å². The molecule has 1 amide bonds. The number of benzene rings is 3. The second-order valence-corrected chi connectivity index (χ2v) is 7.89. The standard InChI is InChI=1S/C26H28N2O3/c1-31-25-13-12-20(18-24(25)29)19-27-16-14-23(15-17-27)28(22-10-6-3-7-11-22)26(30)21-8-4-2-5-9-21/h2-13,18,23,29H,14-17,19H2,1H3. The smallest absolute Gasteiger partial charge is 0.258 e. The largest absolute Gasteiger partial charge is 0.504 e. The summed E-state index contributed by atoms with van der Waals surface area (Å²) in [6.45, 7) is 2.55. The third-order valence-electron chi connectivity index (χ3n) is 5.85. The van der Waals surface area contributed by atoms with Gasteiger partial charge < -0.3 is 14.7 Å². The highest BCUT2D eigenvalue weighted by Crippen LogP contribution is 2.29. The first-order valence-electron chi connectivity index (χ1n) is 10.7. The Labute approximate surface area is 183 Å². The molecule has 0 bridgehead atoms. The van der Waals surface area contributed by atoms with Crippen LogP contribution in [0.5, 0.6) is 11.5 Å². The molecule has 160 valence electrons. The van der Waals surface area contributed by atoms with E-state index in [-0.39, 0.29) is 17.7 Å². The molecule has 3 aromatic rings. The van der Waals surface area contributed by atoms with Gasteiger partial charge in [-0.3, -0.25) is 9.69 Å². The van der Waals surface area contributed by atoms with Crippen LogP contribution in [0.25, 0.3) is 0 Å². The maximum atomic E-state index is 13.4. The minimum absolute atomic E-state index is 0.0466. The number of methoxy groups -OCH3 is 1. The van der Waals surface area contributed by atoms with Crippen molar-refractivity contribution in [3.8, 4) is 11.5 Å². The molecule has 1 heterocycles. The van der Waals surface area contributed by atoms with Crippen molar-refractivity contribution >= 4 is 11.6 Å². The topological polar surface area (TPSA) is 53.0 Å². The molecule has 1 fully saturated rings. The molecule has 0 spiro atoms. The lowest BCUT2D eigenvalue weighted by atomic mass is 10.00. The number of hydrogen-bond donors (Lipinski definition) is 1. The summed E-state index contributed by atoms with van der Waals surface area (Å²) in [6.07, 6.45) is 1.80. The van der Waals surface area contributed by atoms with Gasteiger partial charge in [-0.1, -0.05) is 42.5 Å². The fourth-order valence-electron chi connectivity index (χ4n) is 4.23. The van der Waals surface area contributed by atoms with E-state index >= 15 is 0 Å². The Hall–Kier alpha value is -3.31. The van der Waals surface area contributed by atoms with E-state index in [0.717, 1.165) is 43.7 Å². The molecule has 4 rings (SSSR count). The number of hydrogen-bond acceptors (Lipinski definition) is 4. The zero-order chi connectivity index (χ0) is 21.6. The second-order valence-electron chi connectivity index (χ2n) is 7.89. The molecule has 1 aliphatic rings. The van der Waals surface area contributed by atoms with E-state index in [0.29, 0.717) is 11.3 Å². The number of likely N-dealkylation sites (tertiary alicyclic amines) is 1. The van der Waals surface area contributed by atoms with Crippen molar-refractivity contribution in [2.75, 3.05) is 25.1 Å². The number of amides is 1. The van der Waals surface area contributed by atoms with Crippen LogP contribution < -0.4 is 9.64 Å². The van der Waals surface area contributed by atoms with Crippen LogP contribution in [0.3, 0.4) is 0 Å². The summed E-state index contributed by atoms with van der Waals surface area (Å²) >= 11 is 0. The van der Waals surface area contributed by atoms with E-state index in [1.807, 2.05) is 71.6 Å². The summed E-state index contributed by atoms with van der Waals surface area (Å²) in [5.41, 5.74) is 2.70. The average molecular weight is 417 g/mol. The van der Waals surface area contributed by atoms with Gasteiger partial charge >= 0.3 is 0 Å². The van der Waals surface area contributed by atoms with Gasteiger partial charge in [-0.2, -0.15) is 0 Å². The van der Waals surface area contributed by atoms with Gasteiger partial charge in [0, 0.05) is 36.9 Å². The molecule has 0 aliphatic carbocycles. The quantitative estimate of drug-likeness (QED) is 0.632. The van der Waals surface area contributed by atoms with Crippen molar-refractivity contribution in [3.63, 3.8) is 0 Å². The van der Waals surface area contributed by atoms with Crippen molar-refractivity contribution in [3.05, 3.63) is 90.0 Å². The maximum absolute atomic E-state index is 13.4. The maximum Gasteiger partial charge on any atom is 0.258 e. The molecule has 5 heteroatoms. The molecule has 0 atom stereocenters. The van der Waals surface area contributed by atoms with Gasteiger partial charge in [0.15, 0.2) is 11.5 Å². The SMILES string of the molecule is COc1ccc(CN2CCC(N(C(=O)c3ccccc3)c3ccccc3)CC2)cc1O. The number of carbonyl (C=O) groups is 1. The van der Waals surface area contributed by atoms with Crippen LogP contribution >= 0.6 is 0 Å². The third-order valence-corrected chi connectivity index (χ3v) is 5.85. The number of aromatic hydroxyl groups is 1. The number of phenols is 1. The number of nitrogens with zero attached hydrogens (tertiary/aromatic N) is 2. The molecule has 0 saturated carbocycles. The number of piperidine rings is 1. The zero-order valence-corrected chi connectivity index (χ0v) is 17.8. The van der Waals surface area contributed by atoms with Crippen LogP contribution in [0.4, 0.5) is 5.69 Å². The monoisotopic (exact) mass is 416 g/mol. The van der Waals surface area contributed by atoms with Crippen LogP contribution in [0, 0.1) is 0 Å². The zero-order valence-electron chi connectivity index (χ0n) is 17.8. The van der Waals surface area contributed by atoms with Gasteiger partial charge in [0.2, 0.25) is 0 Å². The third kappa shape index (κ3) is 4.89. The molecule has 0 radical (unpaired) electrons. The van der Waals surface area contributed by atoms with Crippen molar-refractivity contribution in [2.45, 2.75) is 25.4 Å². The number of carbonyl (C=O) groups excluding carboxylic acids is 1. The van der Waals surface area contributed by atoms with Crippen molar-refractivity contribution in [1.29, 1.82) is 0 Å². The molecule has 1 N–H and O–H groups in total. The summed E-state index contributed by atoms with van der Waals surface area (Å²) < 4.78 is 5.13. The van der Waals surface area contributed by atoms with E-state index in [9.17, 15) is 9.90 Å². The summed E-state index contributed by atoms with van der Waals surface area (Å²) in [5, 5.41) is 10.0. The lowest BCUT2D eigenvalue weighted by Crippen LogP contribution is -2.47. The molecule has 0 aromatic heterocycles. The van der Waals surface area contributed by atoms with Gasteiger partial charge in [0.1, 0.15) is 0 Å². The van der Waals surface area contributed by atoms with Crippen molar-refractivity contribution in [2.24, 2.45) is 0 Å². The highest BCUT2D eigenvalue weighted by atomic mass is 16.5. The number of rotatable bonds is 6. The van der Waals surface area contributed by atoms with Gasteiger partial charge in [-0.25, -0.2) is 0 Å². The Balaban J connectivity index is 1.46. The van der Waals surface area contributed by atoms with Crippen LogP contribution in [-0.4, -0.2) is 42.2 Å². The highest BCUT2D eigenvalue weighted by molar-refractivity contribution is 6.06. The fraction of sp³-hybridized carbons (Fsp3) is 0.269. The molecular formula is C26H28N2O3. The summed E-state index contributed by atoms with van der Waals surface area (Å²) in [6, 6.07) is 25.1. The number of para-hydroxylation sites is 1.